The van der Waals surface area contributed by atoms with Gasteiger partial charge in [-0.1, -0.05) is 6.07 Å². The number of anilines is 1. The van der Waals surface area contributed by atoms with Gasteiger partial charge in [0.1, 0.15) is 5.82 Å². The number of hydrogen-bond donors (Lipinski definition) is 3. The Morgan fingerprint density at radius 2 is 1.86 bits per heavy atom. The summed E-state index contributed by atoms with van der Waals surface area (Å²) < 4.78 is 13.8. The molecule has 1 aliphatic heterocycles. The number of aryl methyl sites for hydroxylation is 1. The first kappa shape index (κ1) is 21.2. The highest BCUT2D eigenvalue weighted by Gasteiger charge is 2.43. The minimum Gasteiger partial charge on any atom is -0.391 e. The van der Waals surface area contributed by atoms with Gasteiger partial charge in [0.2, 0.25) is 17.7 Å². The molecule has 1 heterocycles. The lowest BCUT2D eigenvalue weighted by atomic mass is 9.77. The SMILES string of the molecule is CC(=O)N[C@@H]1C[C@@H]2CN(C(=O)CCC(=O)Nc3cc(C)ccc3F)C[C@@H]2C[C@H]1O. The second-order valence-electron chi connectivity index (χ2n) is 8.20. The summed E-state index contributed by atoms with van der Waals surface area (Å²) in [7, 11) is 0. The van der Waals surface area contributed by atoms with Crippen molar-refractivity contribution < 1.29 is 23.9 Å². The van der Waals surface area contributed by atoms with Crippen molar-refractivity contribution in [2.45, 2.75) is 51.7 Å². The van der Waals surface area contributed by atoms with Crippen LogP contribution in [0, 0.1) is 24.6 Å². The largest absolute Gasteiger partial charge is 0.391 e. The molecule has 3 N–H and O–H groups in total. The van der Waals surface area contributed by atoms with E-state index in [2.05, 4.69) is 10.6 Å². The van der Waals surface area contributed by atoms with Crippen molar-refractivity contribution in [2.24, 2.45) is 11.8 Å². The molecule has 7 nitrogen and oxygen atoms in total. The molecule has 29 heavy (non-hydrogen) atoms. The van der Waals surface area contributed by atoms with Gasteiger partial charge in [-0.2, -0.15) is 0 Å². The van der Waals surface area contributed by atoms with Gasteiger partial charge in [-0.25, -0.2) is 4.39 Å². The fraction of sp³-hybridized carbons (Fsp3) is 0.571. The van der Waals surface area contributed by atoms with Crippen molar-refractivity contribution in [3.05, 3.63) is 29.6 Å². The molecule has 1 saturated carbocycles. The Morgan fingerprint density at radius 3 is 2.55 bits per heavy atom. The predicted molar refractivity (Wildman–Crippen MR) is 105 cm³/mol. The van der Waals surface area contributed by atoms with E-state index < -0.39 is 17.8 Å². The van der Waals surface area contributed by atoms with Crippen LogP contribution in [0.1, 0.15) is 38.2 Å². The molecule has 8 heteroatoms. The molecule has 158 valence electrons. The number of halogens is 1. The second-order valence-corrected chi connectivity index (χ2v) is 8.20. The highest BCUT2D eigenvalue weighted by Crippen LogP contribution is 2.36. The number of aliphatic hydroxyl groups is 1. The maximum Gasteiger partial charge on any atom is 0.224 e. The first-order chi connectivity index (χ1) is 13.7. The summed E-state index contributed by atoms with van der Waals surface area (Å²) in [6, 6.07) is 4.19. The van der Waals surface area contributed by atoms with E-state index in [1.165, 1.54) is 13.0 Å². The molecular formula is C21H28FN3O4. The van der Waals surface area contributed by atoms with Crippen molar-refractivity contribution in [2.75, 3.05) is 18.4 Å². The van der Waals surface area contributed by atoms with E-state index in [0.717, 1.165) is 5.56 Å². The molecule has 1 aliphatic carbocycles. The summed E-state index contributed by atoms with van der Waals surface area (Å²) in [4.78, 5) is 37.7. The summed E-state index contributed by atoms with van der Waals surface area (Å²) in [6.07, 6.45) is 0.616. The van der Waals surface area contributed by atoms with Crippen LogP contribution in [-0.2, 0) is 14.4 Å². The number of carbonyl (C=O) groups is 3. The minimum atomic E-state index is -0.606. The Balaban J connectivity index is 1.49. The fourth-order valence-corrected chi connectivity index (χ4v) is 4.38. The number of nitrogens with one attached hydrogen (secondary N) is 2. The molecule has 0 aromatic heterocycles. The average Bonchev–Trinajstić information content (AvgIpc) is 3.05. The van der Waals surface area contributed by atoms with Gasteiger partial charge in [0.15, 0.2) is 0 Å². The van der Waals surface area contributed by atoms with Crippen LogP contribution in [0.15, 0.2) is 18.2 Å². The average molecular weight is 405 g/mol. The molecule has 0 spiro atoms. The van der Waals surface area contributed by atoms with Crippen LogP contribution < -0.4 is 10.6 Å². The van der Waals surface area contributed by atoms with E-state index in [-0.39, 0.29) is 48.2 Å². The molecule has 1 aromatic rings. The van der Waals surface area contributed by atoms with Gasteiger partial charge in [-0.15, -0.1) is 0 Å². The number of likely N-dealkylation sites (tertiary alicyclic amines) is 1. The summed E-state index contributed by atoms with van der Waals surface area (Å²) in [6.45, 7) is 4.36. The molecule has 0 unspecified atom stereocenters. The first-order valence-electron chi connectivity index (χ1n) is 10.0. The lowest BCUT2D eigenvalue weighted by Gasteiger charge is -2.35. The Hall–Kier alpha value is -2.48. The molecule has 4 atom stereocenters. The van der Waals surface area contributed by atoms with Crippen LogP contribution in [-0.4, -0.2) is 53.0 Å². The summed E-state index contributed by atoms with van der Waals surface area (Å²) in [5.74, 6) is -0.769. The molecule has 2 aliphatic rings. The molecule has 3 amide bonds. The zero-order valence-electron chi connectivity index (χ0n) is 16.8. The van der Waals surface area contributed by atoms with E-state index in [1.54, 1.807) is 24.0 Å². The maximum absolute atomic E-state index is 13.8. The highest BCUT2D eigenvalue weighted by atomic mass is 19.1. The molecule has 0 radical (unpaired) electrons. The van der Waals surface area contributed by atoms with Crippen LogP contribution in [0.25, 0.3) is 0 Å². The van der Waals surface area contributed by atoms with Gasteiger partial charge >= 0.3 is 0 Å². The van der Waals surface area contributed by atoms with Gasteiger partial charge in [-0.05, 0) is 49.3 Å². The van der Waals surface area contributed by atoms with Crippen molar-refractivity contribution >= 4 is 23.4 Å². The van der Waals surface area contributed by atoms with Crippen LogP contribution in [0.5, 0.6) is 0 Å². The number of carbonyl (C=O) groups excluding carboxylic acids is 3. The van der Waals surface area contributed by atoms with E-state index in [9.17, 15) is 23.9 Å². The van der Waals surface area contributed by atoms with Gasteiger partial charge in [0, 0.05) is 32.9 Å². The smallest absolute Gasteiger partial charge is 0.224 e. The Labute approximate surface area is 169 Å². The summed E-state index contributed by atoms with van der Waals surface area (Å²) >= 11 is 0. The van der Waals surface area contributed by atoms with Gasteiger partial charge < -0.3 is 20.6 Å². The lowest BCUT2D eigenvalue weighted by Crippen LogP contribution is -2.48. The number of fused-ring (bicyclic) bond motifs is 1. The standard InChI is InChI=1S/C21H28FN3O4/c1-12-3-4-16(22)17(7-12)24-20(28)5-6-21(29)25-10-14-8-18(23-13(2)26)19(27)9-15(14)11-25/h3-4,7,14-15,18-19,27H,5-6,8-11H2,1-2H3,(H,23,26)(H,24,28)/t14-,15+,18-,19-/m1/s1. The summed E-state index contributed by atoms with van der Waals surface area (Å²) in [5, 5.41) is 15.5. The van der Waals surface area contributed by atoms with Crippen LogP contribution in [0.4, 0.5) is 10.1 Å². The molecule has 0 bridgehead atoms. The molecule has 3 rings (SSSR count). The topological polar surface area (TPSA) is 98.7 Å². The quantitative estimate of drug-likeness (QED) is 0.693. The minimum absolute atomic E-state index is 0.0187. The molecule has 1 saturated heterocycles. The third-order valence-electron chi connectivity index (χ3n) is 5.85. The number of rotatable bonds is 5. The van der Waals surface area contributed by atoms with E-state index in [1.807, 2.05) is 0 Å². The van der Waals surface area contributed by atoms with Gasteiger partial charge in [0.25, 0.3) is 0 Å². The number of nitrogens with zero attached hydrogens (tertiary/aromatic N) is 1. The zero-order chi connectivity index (χ0) is 21.1. The normalized spacial score (nSPS) is 26.0. The van der Waals surface area contributed by atoms with E-state index in [0.29, 0.717) is 25.9 Å². The number of aliphatic hydroxyl groups excluding tert-OH is 1. The highest BCUT2D eigenvalue weighted by molar-refractivity contribution is 5.93. The second kappa shape index (κ2) is 8.90. The third-order valence-corrected chi connectivity index (χ3v) is 5.85. The maximum atomic E-state index is 13.8. The van der Waals surface area contributed by atoms with Gasteiger partial charge in [0.05, 0.1) is 17.8 Å². The molecule has 2 fully saturated rings. The van der Waals surface area contributed by atoms with Crippen molar-refractivity contribution in [3.8, 4) is 0 Å². The number of amides is 3. The zero-order valence-corrected chi connectivity index (χ0v) is 16.8. The van der Waals surface area contributed by atoms with Crippen molar-refractivity contribution in [3.63, 3.8) is 0 Å². The van der Waals surface area contributed by atoms with Crippen LogP contribution >= 0.6 is 0 Å². The number of benzene rings is 1. The monoisotopic (exact) mass is 405 g/mol. The third kappa shape index (κ3) is 5.32. The Kier molecular flexibility index (Phi) is 6.52. The molecule has 1 aromatic carbocycles. The van der Waals surface area contributed by atoms with Crippen molar-refractivity contribution in [1.29, 1.82) is 0 Å². The number of hydrogen-bond acceptors (Lipinski definition) is 4. The Bertz CT molecular complexity index is 800. The van der Waals surface area contributed by atoms with Gasteiger partial charge in [-0.3, -0.25) is 14.4 Å². The van der Waals surface area contributed by atoms with E-state index in [4.69, 9.17) is 0 Å². The van der Waals surface area contributed by atoms with Crippen molar-refractivity contribution in [1.82, 2.24) is 10.2 Å². The predicted octanol–water partition coefficient (Wildman–Crippen LogP) is 1.59. The van der Waals surface area contributed by atoms with E-state index >= 15 is 0 Å². The molecular weight excluding hydrogens is 377 g/mol. The first-order valence-corrected chi connectivity index (χ1v) is 10.0. The fourth-order valence-electron chi connectivity index (χ4n) is 4.38. The van der Waals surface area contributed by atoms with Crippen LogP contribution in [0.2, 0.25) is 0 Å². The lowest BCUT2D eigenvalue weighted by molar-refractivity contribution is -0.132. The van der Waals surface area contributed by atoms with Crippen LogP contribution in [0.3, 0.4) is 0 Å². The Morgan fingerprint density at radius 1 is 1.17 bits per heavy atom. The summed E-state index contributed by atoms with van der Waals surface area (Å²) in [5.41, 5.74) is 0.949.